The smallest absolute Gasteiger partial charge is 0.335 e. The van der Waals surface area contributed by atoms with E-state index in [9.17, 15) is 26.4 Å². The average molecular weight is 587 g/mol. The van der Waals surface area contributed by atoms with Gasteiger partial charge in [-0.3, -0.25) is 9.44 Å². The van der Waals surface area contributed by atoms with Gasteiger partial charge in [0.2, 0.25) is 0 Å². The van der Waals surface area contributed by atoms with E-state index in [0.29, 0.717) is 10.8 Å². The summed E-state index contributed by atoms with van der Waals surface area (Å²) in [5, 5.41) is 19.2. The number of carboxylic acids is 2. The summed E-state index contributed by atoms with van der Waals surface area (Å²) in [6.45, 7) is 0. The molecule has 0 bridgehead atoms. The second-order valence-corrected chi connectivity index (χ2v) is 11.7. The minimum absolute atomic E-state index is 0.00414. The molecule has 0 saturated carbocycles. The highest BCUT2D eigenvalue weighted by Gasteiger charge is 2.21. The first-order chi connectivity index (χ1) is 18.8. The summed E-state index contributed by atoms with van der Waals surface area (Å²) in [6.07, 6.45) is 0. The lowest BCUT2D eigenvalue weighted by molar-refractivity contribution is 0.0686. The van der Waals surface area contributed by atoms with Gasteiger partial charge in [0.05, 0.1) is 46.5 Å². The average Bonchev–Trinajstić information content (AvgIpc) is 2.92. The van der Waals surface area contributed by atoms with Gasteiger partial charge in [0.1, 0.15) is 11.5 Å². The molecule has 0 amide bonds. The molecule has 0 spiro atoms. The van der Waals surface area contributed by atoms with Crippen LogP contribution in [-0.4, -0.2) is 53.2 Å². The highest BCUT2D eigenvalue weighted by Crippen LogP contribution is 2.31. The number of nitrogens with one attached hydrogen (secondary N) is 2. The lowest BCUT2D eigenvalue weighted by Crippen LogP contribution is -2.15. The Balaban J connectivity index is 1.67. The molecule has 0 unspecified atom stereocenters. The van der Waals surface area contributed by atoms with Crippen molar-refractivity contribution in [1.29, 1.82) is 0 Å². The lowest BCUT2D eigenvalue weighted by Gasteiger charge is -2.14. The zero-order chi connectivity index (χ0) is 29.2. The van der Waals surface area contributed by atoms with Crippen molar-refractivity contribution in [3.05, 3.63) is 83.9 Å². The number of hydrogen-bond donors (Lipinski definition) is 4. The van der Waals surface area contributed by atoms with E-state index in [1.165, 1.54) is 87.0 Å². The van der Waals surface area contributed by atoms with E-state index in [1.807, 2.05) is 0 Å². The van der Waals surface area contributed by atoms with E-state index >= 15 is 0 Å². The van der Waals surface area contributed by atoms with Gasteiger partial charge in [-0.05, 0) is 71.4 Å². The van der Waals surface area contributed by atoms with Gasteiger partial charge >= 0.3 is 11.9 Å². The first-order valence-electron chi connectivity index (χ1n) is 11.3. The third-order valence-corrected chi connectivity index (χ3v) is 8.52. The summed E-state index contributed by atoms with van der Waals surface area (Å²) < 4.78 is 67.5. The van der Waals surface area contributed by atoms with E-state index in [2.05, 4.69) is 9.44 Å². The Morgan fingerprint density at radius 1 is 0.600 bits per heavy atom. The number of aromatic carboxylic acids is 2. The first kappa shape index (κ1) is 28.2. The van der Waals surface area contributed by atoms with E-state index in [-0.39, 0.29) is 43.8 Å². The number of anilines is 2. The number of sulfonamides is 2. The largest absolute Gasteiger partial charge is 0.495 e. The Labute approximate surface area is 228 Å². The van der Waals surface area contributed by atoms with Gasteiger partial charge in [-0.15, -0.1) is 0 Å². The summed E-state index contributed by atoms with van der Waals surface area (Å²) in [7, 11) is -5.86. The number of carbonyl (C=O) groups is 2. The van der Waals surface area contributed by atoms with Gasteiger partial charge in [-0.2, -0.15) is 0 Å². The van der Waals surface area contributed by atoms with Gasteiger partial charge in [0, 0.05) is 0 Å². The summed E-state index contributed by atoms with van der Waals surface area (Å²) >= 11 is 0. The molecule has 0 radical (unpaired) electrons. The zero-order valence-electron chi connectivity index (χ0n) is 20.9. The maximum atomic E-state index is 13.1. The molecule has 4 N–H and O–H groups in total. The summed E-state index contributed by atoms with van der Waals surface area (Å²) in [4.78, 5) is 22.1. The van der Waals surface area contributed by atoms with Crippen molar-refractivity contribution < 1.29 is 46.1 Å². The standard InChI is InChI=1S/C26H22N2O10S2/c1-37-23-13-16(25(29)30)5-9-21(23)27-39(33,34)19-7-3-15-4-8-20(12-18(15)11-19)40(35,36)28-22-10-6-17(26(31)32)14-24(22)38-2/h3-14,27-28H,1-2H3,(H,29,30)(H,31,32). The molecule has 0 atom stereocenters. The van der Waals surface area contributed by atoms with Crippen molar-refractivity contribution in [2.45, 2.75) is 9.79 Å². The van der Waals surface area contributed by atoms with E-state index in [0.717, 1.165) is 0 Å². The van der Waals surface area contributed by atoms with Crippen LogP contribution in [0.5, 0.6) is 11.5 Å². The highest BCUT2D eigenvalue weighted by atomic mass is 32.2. The van der Waals surface area contributed by atoms with Crippen molar-refractivity contribution in [3.8, 4) is 11.5 Å². The van der Waals surface area contributed by atoms with Crippen LogP contribution in [0.2, 0.25) is 0 Å². The lowest BCUT2D eigenvalue weighted by atomic mass is 10.1. The molecule has 208 valence electrons. The molecule has 4 aromatic rings. The van der Waals surface area contributed by atoms with Crippen LogP contribution < -0.4 is 18.9 Å². The fraction of sp³-hybridized carbons (Fsp3) is 0.0769. The molecule has 0 heterocycles. The van der Waals surface area contributed by atoms with E-state index < -0.39 is 32.0 Å². The molecule has 14 heteroatoms. The molecule has 0 aromatic heterocycles. The first-order valence-corrected chi connectivity index (χ1v) is 14.2. The third kappa shape index (κ3) is 5.77. The maximum absolute atomic E-state index is 13.1. The quantitative estimate of drug-likeness (QED) is 0.213. The van der Waals surface area contributed by atoms with Crippen LogP contribution in [-0.2, 0) is 20.0 Å². The highest BCUT2D eigenvalue weighted by molar-refractivity contribution is 7.93. The van der Waals surface area contributed by atoms with Crippen LogP contribution >= 0.6 is 0 Å². The summed E-state index contributed by atoms with van der Waals surface area (Å²) in [6, 6.07) is 15.6. The molecular formula is C26H22N2O10S2. The van der Waals surface area contributed by atoms with Crippen LogP contribution in [0, 0.1) is 0 Å². The Bertz CT molecular complexity index is 1740. The fourth-order valence-electron chi connectivity index (χ4n) is 3.76. The van der Waals surface area contributed by atoms with Crippen LogP contribution in [0.1, 0.15) is 20.7 Å². The summed E-state index contributed by atoms with van der Waals surface area (Å²) in [5.41, 5.74) is -0.168. The summed E-state index contributed by atoms with van der Waals surface area (Å²) in [5.74, 6) is -2.43. The Morgan fingerprint density at radius 3 is 1.35 bits per heavy atom. The van der Waals surface area contributed by atoms with Gasteiger partial charge in [-0.25, -0.2) is 26.4 Å². The van der Waals surface area contributed by atoms with Crippen LogP contribution in [0.3, 0.4) is 0 Å². The molecule has 0 aliphatic carbocycles. The molecule has 12 nitrogen and oxygen atoms in total. The van der Waals surface area contributed by atoms with Crippen molar-refractivity contribution in [3.63, 3.8) is 0 Å². The minimum atomic E-state index is -4.19. The predicted octanol–water partition coefficient (Wildman–Crippen LogP) is 3.86. The van der Waals surface area contributed by atoms with Crippen molar-refractivity contribution in [1.82, 2.24) is 0 Å². The number of methoxy groups -OCH3 is 2. The molecule has 4 rings (SSSR count). The monoisotopic (exact) mass is 586 g/mol. The number of benzene rings is 4. The number of ether oxygens (including phenoxy) is 2. The van der Waals surface area contributed by atoms with Crippen molar-refractivity contribution in [2.75, 3.05) is 23.7 Å². The Kier molecular flexibility index (Phi) is 7.57. The number of carboxylic acid groups (broad SMARTS) is 2. The molecule has 0 aliphatic heterocycles. The topological polar surface area (TPSA) is 185 Å². The van der Waals surface area contributed by atoms with Crippen LogP contribution in [0.4, 0.5) is 11.4 Å². The molecule has 0 fully saturated rings. The van der Waals surface area contributed by atoms with Gasteiger partial charge < -0.3 is 19.7 Å². The third-order valence-electron chi connectivity index (χ3n) is 5.79. The molecule has 0 saturated heterocycles. The minimum Gasteiger partial charge on any atom is -0.495 e. The Hall–Kier alpha value is -4.82. The Morgan fingerprint density at radius 2 is 1.00 bits per heavy atom. The maximum Gasteiger partial charge on any atom is 0.335 e. The van der Waals surface area contributed by atoms with Crippen molar-refractivity contribution in [2.24, 2.45) is 0 Å². The molecular weight excluding hydrogens is 564 g/mol. The molecule has 0 aliphatic rings. The van der Waals surface area contributed by atoms with Crippen molar-refractivity contribution >= 4 is 54.1 Å². The van der Waals surface area contributed by atoms with E-state index in [4.69, 9.17) is 19.7 Å². The zero-order valence-corrected chi connectivity index (χ0v) is 22.5. The second kappa shape index (κ2) is 10.7. The van der Waals surface area contributed by atoms with Crippen LogP contribution in [0.25, 0.3) is 10.8 Å². The molecule has 40 heavy (non-hydrogen) atoms. The SMILES string of the molecule is COc1cc(C(=O)O)ccc1NS(=O)(=O)c1ccc2ccc(S(=O)(=O)Nc3ccc(C(=O)O)cc3OC)cc2c1. The molecule has 4 aromatic carbocycles. The van der Waals surface area contributed by atoms with Gasteiger partial charge in [0.25, 0.3) is 20.0 Å². The predicted molar refractivity (Wildman–Crippen MR) is 145 cm³/mol. The number of fused-ring (bicyclic) bond motifs is 1. The van der Waals surface area contributed by atoms with Gasteiger partial charge in [0.15, 0.2) is 0 Å². The number of hydrogen-bond acceptors (Lipinski definition) is 8. The van der Waals surface area contributed by atoms with Crippen LogP contribution in [0.15, 0.2) is 82.6 Å². The number of rotatable bonds is 10. The van der Waals surface area contributed by atoms with Gasteiger partial charge in [-0.1, -0.05) is 12.1 Å². The van der Waals surface area contributed by atoms with E-state index in [1.54, 1.807) is 0 Å². The fourth-order valence-corrected chi connectivity index (χ4v) is 5.97. The second-order valence-electron chi connectivity index (χ2n) is 8.32. The normalized spacial score (nSPS) is 11.6.